The van der Waals surface area contributed by atoms with Crippen molar-refractivity contribution in [1.82, 2.24) is 4.98 Å². The van der Waals surface area contributed by atoms with Gasteiger partial charge in [-0.2, -0.15) is 0 Å². The van der Waals surface area contributed by atoms with Gasteiger partial charge in [0.25, 0.3) is 5.91 Å². The van der Waals surface area contributed by atoms with E-state index >= 15 is 0 Å². The SMILES string of the molecule is O=C(Nc1ccc(-c2csc(N3CCOCC3)n2)cc1)c1ccccc1SCc1cccs1. The summed E-state index contributed by atoms with van der Waals surface area (Å²) in [6, 6.07) is 19.8. The summed E-state index contributed by atoms with van der Waals surface area (Å²) in [7, 11) is 0. The lowest BCUT2D eigenvalue weighted by Crippen LogP contribution is -2.36. The fourth-order valence-electron chi connectivity index (χ4n) is 3.54. The maximum atomic E-state index is 13.0. The Morgan fingerprint density at radius 1 is 1.03 bits per heavy atom. The summed E-state index contributed by atoms with van der Waals surface area (Å²) in [5.41, 5.74) is 3.45. The molecule has 1 amide bonds. The minimum absolute atomic E-state index is 0.0970. The van der Waals surface area contributed by atoms with Crippen molar-refractivity contribution in [3.8, 4) is 11.3 Å². The molecule has 8 heteroatoms. The number of hydrogen-bond donors (Lipinski definition) is 1. The number of rotatable bonds is 7. The minimum Gasteiger partial charge on any atom is -0.378 e. The molecule has 1 fully saturated rings. The molecule has 1 aliphatic rings. The van der Waals surface area contributed by atoms with Crippen LogP contribution in [0.4, 0.5) is 10.8 Å². The Kier molecular flexibility index (Phi) is 7.06. The summed E-state index contributed by atoms with van der Waals surface area (Å²) in [5, 5.41) is 8.23. The lowest BCUT2D eigenvalue weighted by Gasteiger charge is -2.26. The zero-order valence-corrected chi connectivity index (χ0v) is 20.3. The largest absolute Gasteiger partial charge is 0.378 e. The Balaban J connectivity index is 1.24. The number of carbonyl (C=O) groups is 1. The molecule has 2 aromatic heterocycles. The number of carbonyl (C=O) groups excluding carboxylic acids is 1. The first-order valence-electron chi connectivity index (χ1n) is 10.7. The van der Waals surface area contributed by atoms with Crippen molar-refractivity contribution in [1.29, 1.82) is 0 Å². The van der Waals surface area contributed by atoms with E-state index in [9.17, 15) is 4.79 Å². The van der Waals surface area contributed by atoms with Crippen molar-refractivity contribution in [3.63, 3.8) is 0 Å². The van der Waals surface area contributed by atoms with E-state index in [0.717, 1.165) is 59.0 Å². The highest BCUT2D eigenvalue weighted by molar-refractivity contribution is 7.98. The number of thiazole rings is 1. The third-order valence-corrected chi connectivity index (χ3v) is 8.38. The van der Waals surface area contributed by atoms with E-state index in [1.165, 1.54) is 4.88 Å². The quantitative estimate of drug-likeness (QED) is 0.308. The van der Waals surface area contributed by atoms with Crippen LogP contribution in [0.3, 0.4) is 0 Å². The Bertz CT molecular complexity index is 1200. The molecule has 2 aromatic carbocycles. The lowest BCUT2D eigenvalue weighted by molar-refractivity contribution is 0.102. The summed E-state index contributed by atoms with van der Waals surface area (Å²) in [5.74, 6) is 0.761. The van der Waals surface area contributed by atoms with Crippen LogP contribution in [0.2, 0.25) is 0 Å². The van der Waals surface area contributed by atoms with Crippen LogP contribution >= 0.6 is 34.4 Å². The summed E-state index contributed by atoms with van der Waals surface area (Å²) in [6.07, 6.45) is 0. The fraction of sp³-hybridized carbons (Fsp3) is 0.200. The van der Waals surface area contributed by atoms with E-state index in [1.807, 2.05) is 48.5 Å². The molecule has 0 aliphatic carbocycles. The first-order chi connectivity index (χ1) is 16.3. The predicted octanol–water partition coefficient (Wildman–Crippen LogP) is 6.25. The molecular formula is C25H23N3O2S3. The molecule has 0 bridgehead atoms. The molecule has 5 rings (SSSR count). The first kappa shape index (κ1) is 22.2. The second-order valence-corrected chi connectivity index (χ2v) is 10.4. The highest BCUT2D eigenvalue weighted by Gasteiger charge is 2.16. The van der Waals surface area contributed by atoms with Gasteiger partial charge in [0.05, 0.1) is 24.5 Å². The Hall–Kier alpha value is -2.65. The highest BCUT2D eigenvalue weighted by Crippen LogP contribution is 2.30. The number of thiophene rings is 1. The van der Waals surface area contributed by atoms with Gasteiger partial charge < -0.3 is 15.0 Å². The molecule has 4 aromatic rings. The van der Waals surface area contributed by atoms with Gasteiger partial charge in [0.1, 0.15) is 0 Å². The number of ether oxygens (including phenoxy) is 1. The van der Waals surface area contributed by atoms with Crippen LogP contribution in [0.1, 0.15) is 15.2 Å². The van der Waals surface area contributed by atoms with E-state index < -0.39 is 0 Å². The van der Waals surface area contributed by atoms with E-state index in [4.69, 9.17) is 9.72 Å². The van der Waals surface area contributed by atoms with Crippen molar-refractivity contribution >= 4 is 51.2 Å². The average Bonchev–Trinajstić information content (AvgIpc) is 3.57. The number of hydrogen-bond acceptors (Lipinski definition) is 7. The van der Waals surface area contributed by atoms with Gasteiger partial charge in [-0.3, -0.25) is 4.79 Å². The molecule has 1 N–H and O–H groups in total. The number of nitrogens with one attached hydrogen (secondary N) is 1. The molecule has 1 aliphatic heterocycles. The van der Waals surface area contributed by atoms with Crippen molar-refractivity contribution in [2.75, 3.05) is 36.5 Å². The third kappa shape index (κ3) is 5.47. The fourth-order valence-corrected chi connectivity index (χ4v) is 6.25. The second kappa shape index (κ2) is 10.5. The zero-order chi connectivity index (χ0) is 22.5. The number of thioether (sulfide) groups is 1. The molecule has 168 valence electrons. The molecule has 0 saturated carbocycles. The van der Waals surface area contributed by atoms with E-state index in [-0.39, 0.29) is 5.91 Å². The van der Waals surface area contributed by atoms with E-state index in [2.05, 4.69) is 33.1 Å². The van der Waals surface area contributed by atoms with Crippen LogP contribution in [0.5, 0.6) is 0 Å². The number of morpholine rings is 1. The van der Waals surface area contributed by atoms with Crippen molar-refractivity contribution in [2.24, 2.45) is 0 Å². The Labute approximate surface area is 205 Å². The minimum atomic E-state index is -0.0970. The highest BCUT2D eigenvalue weighted by atomic mass is 32.2. The summed E-state index contributed by atoms with van der Waals surface area (Å²) >= 11 is 5.08. The first-order valence-corrected chi connectivity index (χ1v) is 13.4. The molecule has 3 heterocycles. The summed E-state index contributed by atoms with van der Waals surface area (Å²) in [6.45, 7) is 3.26. The van der Waals surface area contributed by atoms with Gasteiger partial charge in [0, 0.05) is 45.2 Å². The number of aromatic nitrogens is 1. The average molecular weight is 494 g/mol. The monoisotopic (exact) mass is 493 g/mol. The maximum absolute atomic E-state index is 13.0. The van der Waals surface area contributed by atoms with Gasteiger partial charge in [-0.15, -0.1) is 34.4 Å². The molecule has 0 spiro atoms. The Morgan fingerprint density at radius 2 is 1.85 bits per heavy atom. The van der Waals surface area contributed by atoms with Gasteiger partial charge >= 0.3 is 0 Å². The van der Waals surface area contributed by atoms with Gasteiger partial charge in [0.15, 0.2) is 5.13 Å². The van der Waals surface area contributed by atoms with Crippen LogP contribution in [0.25, 0.3) is 11.3 Å². The maximum Gasteiger partial charge on any atom is 0.256 e. The second-order valence-electron chi connectivity index (χ2n) is 7.51. The van der Waals surface area contributed by atoms with Crippen molar-refractivity contribution in [3.05, 3.63) is 81.9 Å². The van der Waals surface area contributed by atoms with Crippen molar-refractivity contribution in [2.45, 2.75) is 10.6 Å². The van der Waals surface area contributed by atoms with Crippen LogP contribution < -0.4 is 10.2 Å². The van der Waals surface area contributed by atoms with Crippen LogP contribution in [-0.4, -0.2) is 37.2 Å². The Morgan fingerprint density at radius 3 is 2.64 bits per heavy atom. The zero-order valence-electron chi connectivity index (χ0n) is 17.9. The van der Waals surface area contributed by atoms with Gasteiger partial charge in [-0.05, 0) is 35.7 Å². The number of benzene rings is 2. The van der Waals surface area contributed by atoms with Crippen LogP contribution in [0.15, 0.2) is 76.3 Å². The normalized spacial score (nSPS) is 13.8. The van der Waals surface area contributed by atoms with Gasteiger partial charge in [-0.1, -0.05) is 30.3 Å². The summed E-state index contributed by atoms with van der Waals surface area (Å²) in [4.78, 5) is 22.3. The topological polar surface area (TPSA) is 54.5 Å². The molecule has 0 radical (unpaired) electrons. The molecule has 5 nitrogen and oxygen atoms in total. The van der Waals surface area contributed by atoms with Crippen LogP contribution in [0, 0.1) is 0 Å². The molecule has 0 atom stereocenters. The smallest absolute Gasteiger partial charge is 0.256 e. The standard InChI is InChI=1S/C25H23N3O2S3/c29-24(21-5-1-2-6-23(21)32-16-20-4-3-15-31-20)26-19-9-7-18(8-10-19)22-17-33-25(27-22)28-11-13-30-14-12-28/h1-10,15,17H,11-14,16H2,(H,26,29). The van der Waals surface area contributed by atoms with Gasteiger partial charge in [-0.25, -0.2) is 4.98 Å². The van der Waals surface area contributed by atoms with E-state index in [1.54, 1.807) is 34.4 Å². The number of anilines is 2. The molecular weight excluding hydrogens is 470 g/mol. The van der Waals surface area contributed by atoms with Crippen molar-refractivity contribution < 1.29 is 9.53 Å². The number of nitrogens with zero attached hydrogens (tertiary/aromatic N) is 2. The molecule has 33 heavy (non-hydrogen) atoms. The van der Waals surface area contributed by atoms with Crippen LogP contribution in [-0.2, 0) is 10.5 Å². The van der Waals surface area contributed by atoms with E-state index in [0.29, 0.717) is 5.56 Å². The predicted molar refractivity (Wildman–Crippen MR) is 139 cm³/mol. The lowest BCUT2D eigenvalue weighted by atomic mass is 10.1. The summed E-state index contributed by atoms with van der Waals surface area (Å²) < 4.78 is 5.43. The molecule has 1 saturated heterocycles. The van der Waals surface area contributed by atoms with Gasteiger partial charge in [0.2, 0.25) is 0 Å². The third-order valence-electron chi connectivity index (χ3n) is 5.29. The molecule has 0 unspecified atom stereocenters. The number of amides is 1.